The highest BCUT2D eigenvalue weighted by Gasteiger charge is 2.23. The third-order valence-corrected chi connectivity index (χ3v) is 6.49. The van der Waals surface area contributed by atoms with Crippen molar-refractivity contribution in [1.82, 2.24) is 9.80 Å². The monoisotopic (exact) mass is 342 g/mol. The van der Waals surface area contributed by atoms with Crippen LogP contribution >= 0.6 is 0 Å². The van der Waals surface area contributed by atoms with Gasteiger partial charge in [-0.1, -0.05) is 18.9 Å². The van der Waals surface area contributed by atoms with Crippen LogP contribution < -0.4 is 0 Å². The van der Waals surface area contributed by atoms with E-state index >= 15 is 0 Å². The van der Waals surface area contributed by atoms with Crippen molar-refractivity contribution in [2.75, 3.05) is 26.2 Å². The van der Waals surface area contributed by atoms with E-state index in [-0.39, 0.29) is 0 Å². The molecular formula is C22H34N2O. The lowest BCUT2D eigenvalue weighted by Crippen LogP contribution is -2.31. The summed E-state index contributed by atoms with van der Waals surface area (Å²) < 4.78 is 0. The van der Waals surface area contributed by atoms with Crippen LogP contribution in [0.5, 0.6) is 5.75 Å². The Hall–Kier alpha value is -1.06. The summed E-state index contributed by atoms with van der Waals surface area (Å²) in [6, 6.07) is 2.35. The van der Waals surface area contributed by atoms with Gasteiger partial charge in [0.2, 0.25) is 0 Å². The van der Waals surface area contributed by atoms with Crippen molar-refractivity contribution >= 4 is 0 Å². The molecular weight excluding hydrogens is 308 g/mol. The minimum Gasteiger partial charge on any atom is -0.507 e. The number of phenolic OH excluding ortho intramolecular Hbond substituents is 1. The molecule has 138 valence electrons. The third kappa shape index (κ3) is 4.03. The number of aryl methyl sites for hydroxylation is 1. The minimum atomic E-state index is 0.622. The van der Waals surface area contributed by atoms with Crippen molar-refractivity contribution in [2.24, 2.45) is 0 Å². The van der Waals surface area contributed by atoms with Gasteiger partial charge in [0, 0.05) is 24.2 Å². The molecule has 0 aromatic heterocycles. The number of phenols is 1. The van der Waals surface area contributed by atoms with E-state index < -0.39 is 0 Å². The van der Waals surface area contributed by atoms with E-state index in [4.69, 9.17) is 0 Å². The van der Waals surface area contributed by atoms with Crippen LogP contribution in [0.3, 0.4) is 0 Å². The molecule has 0 bridgehead atoms. The number of benzene rings is 1. The summed E-state index contributed by atoms with van der Waals surface area (Å²) >= 11 is 0. The van der Waals surface area contributed by atoms with E-state index in [1.807, 2.05) is 0 Å². The number of fused-ring (bicyclic) bond motifs is 1. The number of nitrogens with zero attached hydrogens (tertiary/aromatic N) is 2. The summed E-state index contributed by atoms with van der Waals surface area (Å²) in [7, 11) is 0. The largest absolute Gasteiger partial charge is 0.507 e. The highest BCUT2D eigenvalue weighted by Crippen LogP contribution is 2.36. The van der Waals surface area contributed by atoms with E-state index in [1.165, 1.54) is 106 Å². The van der Waals surface area contributed by atoms with E-state index in [9.17, 15) is 5.11 Å². The number of rotatable bonds is 4. The second-order valence-electron chi connectivity index (χ2n) is 8.38. The van der Waals surface area contributed by atoms with E-state index in [0.29, 0.717) is 5.75 Å². The minimum absolute atomic E-state index is 0.622. The quantitative estimate of drug-likeness (QED) is 0.886. The lowest BCUT2D eigenvalue weighted by Gasteiger charge is -2.31. The zero-order valence-corrected chi connectivity index (χ0v) is 15.7. The molecule has 3 nitrogen and oxygen atoms in total. The van der Waals surface area contributed by atoms with Gasteiger partial charge >= 0.3 is 0 Å². The van der Waals surface area contributed by atoms with Crippen molar-refractivity contribution in [3.8, 4) is 5.75 Å². The summed E-state index contributed by atoms with van der Waals surface area (Å²) in [6.45, 7) is 6.68. The highest BCUT2D eigenvalue weighted by molar-refractivity contribution is 5.51. The van der Waals surface area contributed by atoms with Crippen LogP contribution in [0.15, 0.2) is 6.07 Å². The zero-order valence-electron chi connectivity index (χ0n) is 15.7. The van der Waals surface area contributed by atoms with Crippen LogP contribution in [0.2, 0.25) is 0 Å². The van der Waals surface area contributed by atoms with Gasteiger partial charge < -0.3 is 5.11 Å². The summed E-state index contributed by atoms with van der Waals surface area (Å²) in [4.78, 5) is 5.11. The lowest BCUT2D eigenvalue weighted by molar-refractivity contribution is 0.212. The Morgan fingerprint density at radius 2 is 1.32 bits per heavy atom. The smallest absolute Gasteiger partial charge is 0.124 e. The van der Waals surface area contributed by atoms with Crippen molar-refractivity contribution in [3.63, 3.8) is 0 Å². The molecule has 0 radical (unpaired) electrons. The first-order valence-electron chi connectivity index (χ1n) is 10.6. The van der Waals surface area contributed by atoms with Gasteiger partial charge in [0.25, 0.3) is 0 Å². The third-order valence-electron chi connectivity index (χ3n) is 6.49. The summed E-state index contributed by atoms with van der Waals surface area (Å²) in [5.74, 6) is 0.622. The Morgan fingerprint density at radius 1 is 0.720 bits per heavy atom. The molecule has 3 aliphatic rings. The molecule has 2 fully saturated rings. The van der Waals surface area contributed by atoms with Gasteiger partial charge in [-0.05, 0) is 88.7 Å². The molecule has 1 aliphatic carbocycles. The number of piperidine rings is 2. The van der Waals surface area contributed by atoms with Gasteiger partial charge in [-0.15, -0.1) is 0 Å². The highest BCUT2D eigenvalue weighted by atomic mass is 16.3. The standard InChI is InChI=1S/C22H34N2O/c25-22-19(16-23-11-5-1-6-12-23)15-18-9-3-4-10-20(18)21(22)17-24-13-7-2-8-14-24/h15,25H,1-14,16-17H2. The second-order valence-corrected chi connectivity index (χ2v) is 8.38. The van der Waals surface area contributed by atoms with Gasteiger partial charge in [0.15, 0.2) is 0 Å². The first-order valence-corrected chi connectivity index (χ1v) is 10.6. The van der Waals surface area contributed by atoms with Crippen LogP contribution in [-0.2, 0) is 25.9 Å². The van der Waals surface area contributed by atoms with Gasteiger partial charge in [-0.3, -0.25) is 9.80 Å². The Kier molecular flexibility index (Phi) is 5.62. The van der Waals surface area contributed by atoms with E-state index in [2.05, 4.69) is 15.9 Å². The molecule has 2 saturated heterocycles. The number of aromatic hydroxyl groups is 1. The van der Waals surface area contributed by atoms with Crippen LogP contribution in [0.4, 0.5) is 0 Å². The van der Waals surface area contributed by atoms with Crippen molar-refractivity contribution in [2.45, 2.75) is 77.3 Å². The Bertz CT molecular complexity index is 586. The molecule has 0 atom stereocenters. The molecule has 0 unspecified atom stereocenters. The predicted octanol–water partition coefficient (Wildman–Crippen LogP) is 4.24. The zero-order chi connectivity index (χ0) is 17.1. The van der Waals surface area contributed by atoms with Crippen LogP contribution in [0.25, 0.3) is 0 Å². The van der Waals surface area contributed by atoms with Crippen LogP contribution in [-0.4, -0.2) is 41.1 Å². The fourth-order valence-corrected chi connectivity index (χ4v) is 5.04. The van der Waals surface area contributed by atoms with Gasteiger partial charge in [-0.2, -0.15) is 0 Å². The fraction of sp³-hybridized carbons (Fsp3) is 0.727. The van der Waals surface area contributed by atoms with Gasteiger partial charge in [0.1, 0.15) is 5.75 Å². The Labute approximate surface area is 153 Å². The maximum Gasteiger partial charge on any atom is 0.124 e. The first kappa shape index (κ1) is 17.4. The Morgan fingerprint density at radius 3 is 2.00 bits per heavy atom. The number of likely N-dealkylation sites (tertiary alicyclic amines) is 2. The molecule has 0 spiro atoms. The summed E-state index contributed by atoms with van der Waals surface area (Å²) in [6.07, 6.45) is 13.0. The lowest BCUT2D eigenvalue weighted by atomic mass is 9.85. The van der Waals surface area contributed by atoms with Crippen LogP contribution in [0, 0.1) is 0 Å². The van der Waals surface area contributed by atoms with Crippen molar-refractivity contribution in [3.05, 3.63) is 28.3 Å². The normalized spacial score (nSPS) is 22.7. The molecule has 0 amide bonds. The van der Waals surface area contributed by atoms with Crippen molar-refractivity contribution in [1.29, 1.82) is 0 Å². The molecule has 0 saturated carbocycles. The molecule has 2 heterocycles. The van der Waals surface area contributed by atoms with Gasteiger partial charge in [0.05, 0.1) is 0 Å². The SMILES string of the molecule is Oc1c(CN2CCCCC2)cc2c(c1CN1CCCCC1)CCCC2. The molecule has 3 heteroatoms. The molecule has 25 heavy (non-hydrogen) atoms. The predicted molar refractivity (Wildman–Crippen MR) is 103 cm³/mol. The maximum absolute atomic E-state index is 11.2. The van der Waals surface area contributed by atoms with Crippen LogP contribution in [0.1, 0.15) is 73.6 Å². The Balaban J connectivity index is 1.61. The molecule has 1 aromatic rings. The summed E-state index contributed by atoms with van der Waals surface area (Å²) in [5, 5.41) is 11.2. The second kappa shape index (κ2) is 8.09. The molecule has 2 aliphatic heterocycles. The van der Waals surface area contributed by atoms with Crippen molar-refractivity contribution < 1.29 is 5.11 Å². The summed E-state index contributed by atoms with van der Waals surface area (Å²) in [5.41, 5.74) is 5.47. The molecule has 1 N–H and O–H groups in total. The van der Waals surface area contributed by atoms with Gasteiger partial charge in [-0.25, -0.2) is 0 Å². The fourth-order valence-electron chi connectivity index (χ4n) is 5.04. The number of hydrogen-bond donors (Lipinski definition) is 1. The average Bonchev–Trinajstić information content (AvgIpc) is 2.67. The average molecular weight is 343 g/mol. The maximum atomic E-state index is 11.2. The van der Waals surface area contributed by atoms with E-state index in [1.54, 1.807) is 0 Å². The topological polar surface area (TPSA) is 26.7 Å². The van der Waals surface area contributed by atoms with E-state index in [0.717, 1.165) is 19.5 Å². The molecule has 1 aromatic carbocycles. The molecule has 4 rings (SSSR count). The first-order chi connectivity index (χ1) is 12.3. The number of hydrogen-bond acceptors (Lipinski definition) is 3.